The molecule has 8 nitrogen and oxygen atoms in total. The van der Waals surface area contributed by atoms with E-state index in [1.165, 1.54) is 16.2 Å². The van der Waals surface area contributed by atoms with Crippen LogP contribution in [0.4, 0.5) is 5.69 Å². The lowest BCUT2D eigenvalue weighted by Gasteiger charge is -2.20. The molecule has 1 aliphatic rings. The second-order valence-electron chi connectivity index (χ2n) is 8.47. The zero-order chi connectivity index (χ0) is 24.8. The van der Waals surface area contributed by atoms with Crippen LogP contribution in [0.25, 0.3) is 0 Å². The fraction of sp³-hybridized carbons (Fsp3) is 0.417. The van der Waals surface area contributed by atoms with E-state index in [1.807, 2.05) is 11.8 Å². The van der Waals surface area contributed by atoms with Crippen molar-refractivity contribution in [3.8, 4) is 0 Å². The van der Waals surface area contributed by atoms with E-state index in [9.17, 15) is 19.2 Å². The minimum Gasteiger partial charge on any atom is -0.349 e. The van der Waals surface area contributed by atoms with Crippen LogP contribution in [0.15, 0.2) is 34.1 Å². The molecule has 1 atom stereocenters. The number of benzene rings is 1. The second kappa shape index (κ2) is 11.6. The number of nitrogens with one attached hydrogen (secondary N) is 2. The van der Waals surface area contributed by atoms with Crippen molar-refractivity contribution in [2.24, 2.45) is 0 Å². The van der Waals surface area contributed by atoms with Gasteiger partial charge in [-0.05, 0) is 78.0 Å². The Labute approximate surface area is 211 Å². The number of likely N-dealkylation sites (tertiary alicyclic amines) is 1. The number of halogens is 1. The Bertz CT molecular complexity index is 1080. The summed E-state index contributed by atoms with van der Waals surface area (Å²) in [6.45, 7) is 3.37. The summed E-state index contributed by atoms with van der Waals surface area (Å²) in [6, 6.07) is 7.69. The summed E-state index contributed by atoms with van der Waals surface area (Å²) >= 11 is 4.59. The van der Waals surface area contributed by atoms with Gasteiger partial charge in [0.2, 0.25) is 11.8 Å². The number of hydrogen-bond donors (Lipinski definition) is 2. The fourth-order valence-corrected chi connectivity index (χ4v) is 5.02. The van der Waals surface area contributed by atoms with Gasteiger partial charge in [-0.2, -0.15) is 0 Å². The van der Waals surface area contributed by atoms with Crippen molar-refractivity contribution in [3.05, 3.63) is 50.1 Å². The first-order valence-electron chi connectivity index (χ1n) is 11.1. The molecule has 1 saturated heterocycles. The van der Waals surface area contributed by atoms with Crippen molar-refractivity contribution in [2.75, 3.05) is 32.5 Å². The average Bonchev–Trinajstić information content (AvgIpc) is 3.48. The highest BCUT2D eigenvalue weighted by molar-refractivity contribution is 9.11. The molecule has 2 N–H and O–H groups in total. The quantitative estimate of drug-likeness (QED) is 0.525. The number of aryl methyl sites for hydroxylation is 1. The first-order chi connectivity index (χ1) is 16.2. The van der Waals surface area contributed by atoms with Crippen LogP contribution < -0.4 is 10.6 Å². The lowest BCUT2D eigenvalue weighted by atomic mass is 10.1. The predicted octanol–water partition coefficient (Wildman–Crippen LogP) is 3.66. The number of carbonyl (C=O) groups is 4. The third-order valence-corrected chi connectivity index (χ3v) is 7.30. The Hall–Kier alpha value is -2.72. The van der Waals surface area contributed by atoms with Crippen molar-refractivity contribution in [1.82, 2.24) is 15.1 Å². The van der Waals surface area contributed by atoms with Crippen molar-refractivity contribution in [1.29, 1.82) is 0 Å². The van der Waals surface area contributed by atoms with Gasteiger partial charge >= 0.3 is 0 Å². The van der Waals surface area contributed by atoms with E-state index in [0.29, 0.717) is 16.1 Å². The molecule has 3 rings (SSSR count). The largest absolute Gasteiger partial charge is 0.349 e. The van der Waals surface area contributed by atoms with E-state index in [4.69, 9.17) is 0 Å². The highest BCUT2D eigenvalue weighted by atomic mass is 79.9. The van der Waals surface area contributed by atoms with Crippen molar-refractivity contribution >= 4 is 56.6 Å². The molecule has 0 radical (unpaired) electrons. The molecule has 4 amide bonds. The van der Waals surface area contributed by atoms with E-state index < -0.39 is 11.9 Å². The second-order valence-corrected chi connectivity index (χ2v) is 10.9. The van der Waals surface area contributed by atoms with Gasteiger partial charge in [0, 0.05) is 44.9 Å². The van der Waals surface area contributed by atoms with Crippen molar-refractivity contribution in [3.63, 3.8) is 0 Å². The van der Waals surface area contributed by atoms with Crippen LogP contribution in [-0.2, 0) is 9.59 Å². The number of thiophene rings is 1. The Balaban J connectivity index is 1.71. The molecule has 0 saturated carbocycles. The summed E-state index contributed by atoms with van der Waals surface area (Å²) in [6.07, 6.45) is 2.31. The Morgan fingerprint density at radius 3 is 2.41 bits per heavy atom. The zero-order valence-corrected chi connectivity index (χ0v) is 21.9. The van der Waals surface area contributed by atoms with Crippen LogP contribution in [-0.4, -0.2) is 66.7 Å². The van der Waals surface area contributed by atoms with Crippen molar-refractivity contribution < 1.29 is 19.2 Å². The van der Waals surface area contributed by atoms with Gasteiger partial charge in [-0.15, -0.1) is 11.3 Å². The third kappa shape index (κ3) is 6.66. The topological polar surface area (TPSA) is 98.8 Å². The molecule has 0 spiro atoms. The third-order valence-electron chi connectivity index (χ3n) is 5.68. The van der Waals surface area contributed by atoms with Crippen LogP contribution in [0, 0.1) is 6.92 Å². The summed E-state index contributed by atoms with van der Waals surface area (Å²) < 4.78 is 0.806. The molecular formula is C24H29BrN4O4S. The normalized spacial score (nSPS) is 13.9. The maximum Gasteiger partial charge on any atom is 0.262 e. The van der Waals surface area contributed by atoms with E-state index in [-0.39, 0.29) is 30.6 Å². The maximum atomic E-state index is 13.1. The molecule has 1 aliphatic heterocycles. The molecule has 1 aromatic heterocycles. The molecule has 182 valence electrons. The number of nitrogens with zero attached hydrogens (tertiary/aromatic N) is 2. The zero-order valence-electron chi connectivity index (χ0n) is 19.5. The van der Waals surface area contributed by atoms with Gasteiger partial charge < -0.3 is 20.4 Å². The highest BCUT2D eigenvalue weighted by Crippen LogP contribution is 2.23. The number of anilines is 1. The predicted molar refractivity (Wildman–Crippen MR) is 136 cm³/mol. The van der Waals surface area contributed by atoms with Gasteiger partial charge in [0.1, 0.15) is 6.04 Å². The summed E-state index contributed by atoms with van der Waals surface area (Å²) in [4.78, 5) is 54.3. The van der Waals surface area contributed by atoms with E-state index in [0.717, 1.165) is 35.3 Å². The molecule has 1 fully saturated rings. The fourth-order valence-electron chi connectivity index (χ4n) is 3.73. The first kappa shape index (κ1) is 25.9. The molecule has 0 bridgehead atoms. The van der Waals surface area contributed by atoms with Crippen LogP contribution >= 0.6 is 27.3 Å². The summed E-state index contributed by atoms with van der Waals surface area (Å²) in [7, 11) is 3.29. The summed E-state index contributed by atoms with van der Waals surface area (Å²) in [5.41, 5.74) is 1.91. The summed E-state index contributed by atoms with van der Waals surface area (Å²) in [5, 5.41) is 5.57. The van der Waals surface area contributed by atoms with Gasteiger partial charge in [0.25, 0.3) is 11.8 Å². The molecule has 2 aromatic rings. The van der Waals surface area contributed by atoms with E-state index in [1.54, 1.807) is 44.4 Å². The molecule has 10 heteroatoms. The minimum absolute atomic E-state index is 0.00215. The van der Waals surface area contributed by atoms with Gasteiger partial charge in [-0.3, -0.25) is 19.2 Å². The standard InChI is InChI=1S/C24H29BrN4O4S/c1-15-14-16(6-7-17(15)24(33)29-12-4-5-13-29)26-22(31)18(8-11-21(30)28(2)3)27-23(32)19-9-10-20(25)34-19/h6-7,9-10,14,18H,4-5,8,11-13H2,1-3H3,(H,26,31)(H,27,32). The monoisotopic (exact) mass is 548 g/mol. The van der Waals surface area contributed by atoms with Gasteiger partial charge in [-0.1, -0.05) is 0 Å². The molecule has 34 heavy (non-hydrogen) atoms. The minimum atomic E-state index is -0.900. The Morgan fingerprint density at radius 1 is 1.12 bits per heavy atom. The Kier molecular flexibility index (Phi) is 8.84. The highest BCUT2D eigenvalue weighted by Gasteiger charge is 2.25. The lowest BCUT2D eigenvalue weighted by molar-refractivity contribution is -0.129. The number of amides is 4. The van der Waals surface area contributed by atoms with Gasteiger partial charge in [-0.25, -0.2) is 0 Å². The number of rotatable bonds is 8. The molecular weight excluding hydrogens is 520 g/mol. The van der Waals surface area contributed by atoms with Crippen molar-refractivity contribution in [2.45, 2.75) is 38.6 Å². The van der Waals surface area contributed by atoms with Crippen LogP contribution in [0.2, 0.25) is 0 Å². The molecule has 1 unspecified atom stereocenters. The van der Waals surface area contributed by atoms with E-state index in [2.05, 4.69) is 26.6 Å². The SMILES string of the molecule is Cc1cc(NC(=O)C(CCC(=O)N(C)C)NC(=O)c2ccc(Br)s2)ccc1C(=O)N1CCCC1. The first-order valence-corrected chi connectivity index (χ1v) is 12.7. The number of hydrogen-bond acceptors (Lipinski definition) is 5. The average molecular weight is 549 g/mol. The number of carbonyl (C=O) groups excluding carboxylic acids is 4. The van der Waals surface area contributed by atoms with Crippen LogP contribution in [0.5, 0.6) is 0 Å². The Morgan fingerprint density at radius 2 is 1.82 bits per heavy atom. The maximum absolute atomic E-state index is 13.1. The van der Waals surface area contributed by atoms with Gasteiger partial charge in [0.15, 0.2) is 0 Å². The van der Waals surface area contributed by atoms with Crippen LogP contribution in [0.1, 0.15) is 51.3 Å². The van der Waals surface area contributed by atoms with Gasteiger partial charge in [0.05, 0.1) is 8.66 Å². The molecule has 0 aliphatic carbocycles. The lowest BCUT2D eigenvalue weighted by Crippen LogP contribution is -2.44. The van der Waals surface area contributed by atoms with Crippen LogP contribution in [0.3, 0.4) is 0 Å². The molecule has 2 heterocycles. The van der Waals surface area contributed by atoms with E-state index >= 15 is 0 Å². The molecule has 1 aromatic carbocycles. The summed E-state index contributed by atoms with van der Waals surface area (Å²) in [5.74, 6) is -0.932. The smallest absolute Gasteiger partial charge is 0.262 e.